The molecule has 1 amide bonds. The fraction of sp³-hybridized carbons (Fsp3) is 0.273. The van der Waals surface area contributed by atoms with Gasteiger partial charge in [-0.3, -0.25) is 9.52 Å². The van der Waals surface area contributed by atoms with E-state index in [2.05, 4.69) is 15.0 Å². The number of ether oxygens (including phenoxy) is 1. The zero-order chi connectivity index (χ0) is 22.4. The number of carbonyl (C=O) groups is 1. The average Bonchev–Trinajstić information content (AvgIpc) is 3.25. The third-order valence-electron chi connectivity index (χ3n) is 4.97. The standard InChI is InChI=1S/C22H24N4O4S2/c27-21(26-10-12-30-13-11-26)14-19-16-31-22(24-19)25-32(28,29)20-8-6-18(7-9-20)23-15-17-4-2-1-3-5-17/h1-9,16,23H,10-15H2,(H,24,25). The average molecular weight is 473 g/mol. The topological polar surface area (TPSA) is 101 Å². The van der Waals surface area contributed by atoms with Crippen LogP contribution in [-0.2, 0) is 32.5 Å². The van der Waals surface area contributed by atoms with Crippen molar-refractivity contribution in [2.75, 3.05) is 36.3 Å². The van der Waals surface area contributed by atoms with Gasteiger partial charge in [0.1, 0.15) is 0 Å². The van der Waals surface area contributed by atoms with E-state index in [1.165, 1.54) is 0 Å². The maximum Gasteiger partial charge on any atom is 0.263 e. The minimum absolute atomic E-state index is 0.0356. The minimum atomic E-state index is -3.77. The summed E-state index contributed by atoms with van der Waals surface area (Å²) in [4.78, 5) is 18.5. The van der Waals surface area contributed by atoms with E-state index in [1.807, 2.05) is 30.3 Å². The Labute approximate surface area is 191 Å². The second-order valence-corrected chi connectivity index (χ2v) is 9.82. The van der Waals surface area contributed by atoms with Crippen LogP contribution < -0.4 is 10.0 Å². The van der Waals surface area contributed by atoms with Gasteiger partial charge in [-0.05, 0) is 29.8 Å². The van der Waals surface area contributed by atoms with Crippen molar-refractivity contribution < 1.29 is 17.9 Å². The number of nitrogens with zero attached hydrogens (tertiary/aromatic N) is 2. The first-order chi connectivity index (χ1) is 15.5. The maximum atomic E-state index is 12.7. The van der Waals surface area contributed by atoms with E-state index in [0.29, 0.717) is 38.5 Å². The molecule has 1 aliphatic rings. The summed E-state index contributed by atoms with van der Waals surface area (Å²) in [5.41, 5.74) is 2.51. The molecule has 0 unspecified atom stereocenters. The van der Waals surface area contributed by atoms with Crippen molar-refractivity contribution in [3.8, 4) is 0 Å². The lowest BCUT2D eigenvalue weighted by Crippen LogP contribution is -2.41. The molecule has 2 aromatic carbocycles. The first-order valence-electron chi connectivity index (χ1n) is 10.2. The summed E-state index contributed by atoms with van der Waals surface area (Å²) in [6, 6.07) is 16.5. The monoisotopic (exact) mass is 472 g/mol. The van der Waals surface area contributed by atoms with Gasteiger partial charge in [0.2, 0.25) is 5.91 Å². The summed E-state index contributed by atoms with van der Waals surface area (Å²) in [7, 11) is -3.77. The van der Waals surface area contributed by atoms with Crippen LogP contribution in [0, 0.1) is 0 Å². The van der Waals surface area contributed by atoms with Crippen LogP contribution in [0.15, 0.2) is 64.9 Å². The molecule has 10 heteroatoms. The molecule has 1 saturated heterocycles. The van der Waals surface area contributed by atoms with Crippen LogP contribution in [0.5, 0.6) is 0 Å². The highest BCUT2D eigenvalue weighted by molar-refractivity contribution is 7.93. The Morgan fingerprint density at radius 3 is 2.50 bits per heavy atom. The first kappa shape index (κ1) is 22.3. The van der Waals surface area contributed by atoms with E-state index in [0.717, 1.165) is 22.6 Å². The molecule has 1 fully saturated rings. The fourth-order valence-corrected chi connectivity index (χ4v) is 5.20. The van der Waals surface area contributed by atoms with Crippen molar-refractivity contribution in [3.05, 3.63) is 71.2 Å². The number of nitrogens with one attached hydrogen (secondary N) is 2. The summed E-state index contributed by atoms with van der Waals surface area (Å²) < 4.78 is 33.2. The van der Waals surface area contributed by atoms with E-state index in [-0.39, 0.29) is 22.4 Å². The summed E-state index contributed by atoms with van der Waals surface area (Å²) in [6.07, 6.45) is 0.139. The number of sulfonamides is 1. The molecule has 4 rings (SSSR count). The van der Waals surface area contributed by atoms with Crippen molar-refractivity contribution in [3.63, 3.8) is 0 Å². The number of carbonyl (C=O) groups excluding carboxylic acids is 1. The van der Waals surface area contributed by atoms with Crippen LogP contribution in [0.2, 0.25) is 0 Å². The molecule has 2 N–H and O–H groups in total. The molecule has 8 nitrogen and oxygen atoms in total. The van der Waals surface area contributed by atoms with E-state index in [4.69, 9.17) is 4.74 Å². The van der Waals surface area contributed by atoms with Crippen LogP contribution in [0.4, 0.5) is 10.8 Å². The Morgan fingerprint density at radius 1 is 1.06 bits per heavy atom. The molecule has 1 aromatic heterocycles. The molecule has 0 aliphatic carbocycles. The molecule has 0 radical (unpaired) electrons. The molecule has 3 aromatic rings. The highest BCUT2D eigenvalue weighted by Gasteiger charge is 2.20. The molecule has 1 aliphatic heterocycles. The minimum Gasteiger partial charge on any atom is -0.381 e. The van der Waals surface area contributed by atoms with Gasteiger partial charge < -0.3 is 15.0 Å². The molecule has 0 atom stereocenters. The number of hydrogen-bond donors (Lipinski definition) is 2. The Hall–Kier alpha value is -2.95. The van der Waals surface area contributed by atoms with E-state index in [9.17, 15) is 13.2 Å². The van der Waals surface area contributed by atoms with Crippen molar-refractivity contribution >= 4 is 38.1 Å². The van der Waals surface area contributed by atoms with Gasteiger partial charge in [0, 0.05) is 30.7 Å². The summed E-state index contributed by atoms with van der Waals surface area (Å²) in [5.74, 6) is -0.0356. The fourth-order valence-electron chi connectivity index (χ4n) is 3.24. The molecule has 2 heterocycles. The smallest absolute Gasteiger partial charge is 0.263 e. The zero-order valence-electron chi connectivity index (χ0n) is 17.4. The molecule has 0 saturated carbocycles. The first-order valence-corrected chi connectivity index (χ1v) is 12.6. The third kappa shape index (κ3) is 5.84. The van der Waals surface area contributed by atoms with Gasteiger partial charge in [0.25, 0.3) is 10.0 Å². The molecular formula is C22H24N4O4S2. The second-order valence-electron chi connectivity index (χ2n) is 7.28. The van der Waals surface area contributed by atoms with Crippen molar-refractivity contribution in [1.29, 1.82) is 0 Å². The van der Waals surface area contributed by atoms with Crippen LogP contribution in [-0.4, -0.2) is 50.5 Å². The Balaban J connectivity index is 1.34. The summed E-state index contributed by atoms with van der Waals surface area (Å²) in [5, 5.41) is 5.21. The Morgan fingerprint density at radius 2 is 1.78 bits per heavy atom. The van der Waals surface area contributed by atoms with Gasteiger partial charge >= 0.3 is 0 Å². The number of aromatic nitrogens is 1. The van der Waals surface area contributed by atoms with E-state index < -0.39 is 10.0 Å². The molecule has 32 heavy (non-hydrogen) atoms. The van der Waals surface area contributed by atoms with Gasteiger partial charge in [0.05, 0.1) is 30.2 Å². The predicted molar refractivity (Wildman–Crippen MR) is 124 cm³/mol. The normalized spacial score (nSPS) is 14.2. The lowest BCUT2D eigenvalue weighted by molar-refractivity contribution is -0.134. The zero-order valence-corrected chi connectivity index (χ0v) is 19.0. The number of hydrogen-bond acceptors (Lipinski definition) is 7. The lowest BCUT2D eigenvalue weighted by Gasteiger charge is -2.26. The molecule has 168 valence electrons. The Kier molecular flexibility index (Phi) is 7.03. The quantitative estimate of drug-likeness (QED) is 0.523. The summed E-state index contributed by atoms with van der Waals surface area (Å²) >= 11 is 1.16. The molecule has 0 bridgehead atoms. The maximum absolute atomic E-state index is 12.7. The van der Waals surface area contributed by atoms with Crippen LogP contribution in [0.1, 0.15) is 11.3 Å². The number of morpholine rings is 1. The number of benzene rings is 2. The van der Waals surface area contributed by atoms with Crippen LogP contribution in [0.25, 0.3) is 0 Å². The number of rotatable bonds is 8. The van der Waals surface area contributed by atoms with Crippen molar-refractivity contribution in [2.45, 2.75) is 17.9 Å². The second kappa shape index (κ2) is 10.1. The van der Waals surface area contributed by atoms with Gasteiger partial charge in [-0.1, -0.05) is 30.3 Å². The number of thiazole rings is 1. The highest BCUT2D eigenvalue weighted by Crippen LogP contribution is 2.22. The van der Waals surface area contributed by atoms with E-state index in [1.54, 1.807) is 34.5 Å². The number of amides is 1. The largest absolute Gasteiger partial charge is 0.381 e. The lowest BCUT2D eigenvalue weighted by atomic mass is 10.2. The predicted octanol–water partition coefficient (Wildman–Crippen LogP) is 2.96. The molecule has 0 spiro atoms. The van der Waals surface area contributed by atoms with Gasteiger partial charge in [0.15, 0.2) is 5.13 Å². The van der Waals surface area contributed by atoms with E-state index >= 15 is 0 Å². The summed E-state index contributed by atoms with van der Waals surface area (Å²) in [6.45, 7) is 2.86. The van der Waals surface area contributed by atoms with Crippen molar-refractivity contribution in [2.24, 2.45) is 0 Å². The Bertz CT molecular complexity index is 1140. The highest BCUT2D eigenvalue weighted by atomic mass is 32.2. The van der Waals surface area contributed by atoms with Gasteiger partial charge in [-0.25, -0.2) is 13.4 Å². The van der Waals surface area contributed by atoms with Crippen LogP contribution >= 0.6 is 11.3 Å². The van der Waals surface area contributed by atoms with Crippen LogP contribution in [0.3, 0.4) is 0 Å². The van der Waals surface area contributed by atoms with Gasteiger partial charge in [-0.15, -0.1) is 11.3 Å². The van der Waals surface area contributed by atoms with Crippen molar-refractivity contribution in [1.82, 2.24) is 9.88 Å². The van der Waals surface area contributed by atoms with Gasteiger partial charge in [-0.2, -0.15) is 0 Å². The molecular weight excluding hydrogens is 448 g/mol. The third-order valence-corrected chi connectivity index (χ3v) is 7.26. The number of anilines is 2. The SMILES string of the molecule is O=C(Cc1csc(NS(=O)(=O)c2ccc(NCc3ccccc3)cc2)n1)N1CCOCC1.